The minimum atomic E-state index is -0.851. The summed E-state index contributed by atoms with van der Waals surface area (Å²) in [7, 11) is 5.88. The Morgan fingerprint density at radius 3 is 1.71 bits per heavy atom. The molecule has 2 unspecified atom stereocenters. The SMILES string of the molecule is CCCCCCCCCCCCCCCCOCC(O)COC(=O)CC(C[N+](C)(C)C)OC(C)=O. The third-order valence-corrected chi connectivity index (χ3v) is 5.87. The molecule has 0 saturated carbocycles. The van der Waals surface area contributed by atoms with Crippen LogP contribution >= 0.6 is 0 Å². The number of esters is 2. The lowest BCUT2D eigenvalue weighted by molar-refractivity contribution is -0.873. The molecule has 0 fully saturated rings. The van der Waals surface area contributed by atoms with Crippen LogP contribution in [0.2, 0.25) is 0 Å². The van der Waals surface area contributed by atoms with Gasteiger partial charge in [0.2, 0.25) is 0 Å². The zero-order valence-electron chi connectivity index (χ0n) is 23.5. The molecule has 0 amide bonds. The van der Waals surface area contributed by atoms with Gasteiger partial charge in [-0.1, -0.05) is 90.4 Å². The van der Waals surface area contributed by atoms with Gasteiger partial charge in [0.15, 0.2) is 6.10 Å². The number of unbranched alkanes of at least 4 members (excludes halogenated alkanes) is 13. The predicted molar refractivity (Wildman–Crippen MR) is 141 cm³/mol. The molecule has 0 aliphatic heterocycles. The lowest BCUT2D eigenvalue weighted by Gasteiger charge is -2.28. The van der Waals surface area contributed by atoms with Crippen molar-refractivity contribution in [3.8, 4) is 0 Å². The molecule has 208 valence electrons. The largest absolute Gasteiger partial charge is 0.463 e. The molecule has 0 aliphatic carbocycles. The van der Waals surface area contributed by atoms with Gasteiger partial charge in [0.1, 0.15) is 19.3 Å². The summed E-state index contributed by atoms with van der Waals surface area (Å²) >= 11 is 0. The lowest BCUT2D eigenvalue weighted by Crippen LogP contribution is -2.43. The maximum Gasteiger partial charge on any atom is 0.309 e. The first-order valence-electron chi connectivity index (χ1n) is 14.0. The van der Waals surface area contributed by atoms with E-state index in [4.69, 9.17) is 14.2 Å². The Labute approximate surface area is 215 Å². The molecule has 0 aromatic carbocycles. The maximum absolute atomic E-state index is 12.1. The zero-order chi connectivity index (χ0) is 26.4. The summed E-state index contributed by atoms with van der Waals surface area (Å²) in [5, 5.41) is 9.99. The van der Waals surface area contributed by atoms with Gasteiger partial charge >= 0.3 is 11.9 Å². The van der Waals surface area contributed by atoms with E-state index in [0.717, 1.165) is 12.8 Å². The van der Waals surface area contributed by atoms with Crippen LogP contribution in [-0.2, 0) is 23.8 Å². The summed E-state index contributed by atoms with van der Waals surface area (Å²) in [5.74, 6) is -0.913. The molecule has 2 atom stereocenters. The fraction of sp³-hybridized carbons (Fsp3) is 0.929. The monoisotopic (exact) mass is 502 g/mol. The fourth-order valence-corrected chi connectivity index (χ4v) is 4.09. The summed E-state index contributed by atoms with van der Waals surface area (Å²) in [6.07, 6.45) is 17.0. The number of hydrogen-bond acceptors (Lipinski definition) is 6. The van der Waals surface area contributed by atoms with Crippen LogP contribution in [-0.4, -0.2) is 81.2 Å². The van der Waals surface area contributed by atoms with Crippen molar-refractivity contribution in [1.82, 2.24) is 0 Å². The van der Waals surface area contributed by atoms with Crippen LogP contribution in [0.15, 0.2) is 0 Å². The average Bonchev–Trinajstić information content (AvgIpc) is 2.75. The van der Waals surface area contributed by atoms with Gasteiger partial charge in [-0.3, -0.25) is 9.59 Å². The second-order valence-electron chi connectivity index (χ2n) is 10.9. The first kappa shape index (κ1) is 33.8. The molecular weight excluding hydrogens is 446 g/mol. The molecule has 0 bridgehead atoms. The fourth-order valence-electron chi connectivity index (χ4n) is 4.09. The minimum Gasteiger partial charge on any atom is -0.463 e. The molecule has 35 heavy (non-hydrogen) atoms. The van der Waals surface area contributed by atoms with Crippen LogP contribution in [0, 0.1) is 0 Å². The number of nitrogens with zero attached hydrogens (tertiary/aromatic N) is 1. The first-order chi connectivity index (χ1) is 16.6. The predicted octanol–water partition coefficient (Wildman–Crippen LogP) is 5.42. The van der Waals surface area contributed by atoms with Crippen LogP contribution in [0.4, 0.5) is 0 Å². The zero-order valence-corrected chi connectivity index (χ0v) is 23.5. The van der Waals surface area contributed by atoms with Crippen LogP contribution in [0.5, 0.6) is 0 Å². The number of aliphatic hydroxyl groups is 1. The molecule has 0 radical (unpaired) electrons. The Morgan fingerprint density at radius 2 is 1.26 bits per heavy atom. The number of rotatable bonds is 24. The topological polar surface area (TPSA) is 82.1 Å². The van der Waals surface area contributed by atoms with Crippen LogP contribution < -0.4 is 0 Å². The Bertz CT molecular complexity index is 520. The van der Waals surface area contributed by atoms with Crippen molar-refractivity contribution in [3.05, 3.63) is 0 Å². The molecule has 0 aromatic rings. The van der Waals surface area contributed by atoms with Crippen molar-refractivity contribution in [2.24, 2.45) is 0 Å². The van der Waals surface area contributed by atoms with E-state index in [-0.39, 0.29) is 19.6 Å². The van der Waals surface area contributed by atoms with E-state index < -0.39 is 24.1 Å². The second-order valence-corrected chi connectivity index (χ2v) is 10.9. The summed E-state index contributed by atoms with van der Waals surface area (Å²) in [5.41, 5.74) is 0. The number of ether oxygens (including phenoxy) is 3. The molecule has 0 heterocycles. The van der Waals surface area contributed by atoms with Gasteiger partial charge in [0, 0.05) is 13.5 Å². The van der Waals surface area contributed by atoms with Crippen molar-refractivity contribution in [3.63, 3.8) is 0 Å². The van der Waals surface area contributed by atoms with Crippen LogP contribution in [0.1, 0.15) is 110 Å². The van der Waals surface area contributed by atoms with Crippen LogP contribution in [0.3, 0.4) is 0 Å². The lowest BCUT2D eigenvalue weighted by atomic mass is 10.0. The summed E-state index contributed by atoms with van der Waals surface area (Å²) in [6.45, 7) is 4.74. The molecule has 0 aliphatic rings. The third-order valence-electron chi connectivity index (χ3n) is 5.87. The number of quaternary nitrogens is 1. The van der Waals surface area contributed by atoms with Gasteiger partial charge < -0.3 is 23.8 Å². The van der Waals surface area contributed by atoms with E-state index >= 15 is 0 Å². The highest BCUT2D eigenvalue weighted by atomic mass is 16.6. The molecular formula is C28H56NO6+. The Kier molecular flexibility index (Phi) is 21.3. The Hall–Kier alpha value is -1.18. The van der Waals surface area contributed by atoms with Crippen molar-refractivity contribution in [2.45, 2.75) is 122 Å². The summed E-state index contributed by atoms with van der Waals surface area (Å²) in [6, 6.07) is 0. The van der Waals surface area contributed by atoms with E-state index in [1.807, 2.05) is 21.1 Å². The minimum absolute atomic E-state index is 0.0261. The van der Waals surface area contributed by atoms with Gasteiger partial charge in [0.05, 0.1) is 34.2 Å². The van der Waals surface area contributed by atoms with E-state index in [9.17, 15) is 14.7 Å². The number of aliphatic hydroxyl groups excluding tert-OH is 1. The van der Waals surface area contributed by atoms with Gasteiger partial charge in [-0.2, -0.15) is 0 Å². The van der Waals surface area contributed by atoms with E-state index in [1.165, 1.54) is 84.0 Å². The first-order valence-corrected chi connectivity index (χ1v) is 14.0. The van der Waals surface area contributed by atoms with E-state index in [0.29, 0.717) is 17.6 Å². The smallest absolute Gasteiger partial charge is 0.309 e. The second kappa shape index (κ2) is 22.1. The highest BCUT2D eigenvalue weighted by Gasteiger charge is 2.25. The number of hydrogen-bond donors (Lipinski definition) is 1. The average molecular weight is 503 g/mol. The molecule has 0 spiro atoms. The maximum atomic E-state index is 12.1. The number of likely N-dealkylation sites (N-methyl/N-ethyl adjacent to an activating group) is 1. The van der Waals surface area contributed by atoms with Crippen molar-refractivity contribution in [1.29, 1.82) is 0 Å². The third kappa shape index (κ3) is 25.7. The highest BCUT2D eigenvalue weighted by Crippen LogP contribution is 2.13. The molecule has 0 rings (SSSR count). The quantitative estimate of drug-likeness (QED) is 0.108. The molecule has 0 aromatic heterocycles. The highest BCUT2D eigenvalue weighted by molar-refractivity contribution is 5.71. The van der Waals surface area contributed by atoms with E-state index in [2.05, 4.69) is 6.92 Å². The van der Waals surface area contributed by atoms with Gasteiger partial charge in [-0.25, -0.2) is 0 Å². The number of carbonyl (C=O) groups is 2. The van der Waals surface area contributed by atoms with Crippen molar-refractivity contribution in [2.75, 3.05) is 47.5 Å². The van der Waals surface area contributed by atoms with Crippen LogP contribution in [0.25, 0.3) is 0 Å². The standard InChI is InChI=1S/C28H56NO6/c1-6-7-8-9-10-11-12-13-14-15-16-17-18-19-20-33-23-26(31)24-34-28(32)21-27(35-25(2)30)22-29(3,4)5/h26-27,31H,6-24H2,1-5H3/q+1. The Morgan fingerprint density at radius 1 is 0.771 bits per heavy atom. The normalized spacial score (nSPS) is 13.4. The van der Waals surface area contributed by atoms with Gasteiger partial charge in [-0.05, 0) is 6.42 Å². The molecule has 7 heteroatoms. The Balaban J connectivity index is 3.60. The summed E-state index contributed by atoms with van der Waals surface area (Å²) < 4.78 is 16.4. The molecule has 1 N–H and O–H groups in total. The number of carbonyl (C=O) groups excluding carboxylic acids is 2. The summed E-state index contributed by atoms with van der Waals surface area (Å²) in [4.78, 5) is 23.4. The van der Waals surface area contributed by atoms with Crippen molar-refractivity contribution < 1.29 is 33.4 Å². The van der Waals surface area contributed by atoms with Gasteiger partial charge in [0.25, 0.3) is 0 Å². The van der Waals surface area contributed by atoms with Crippen molar-refractivity contribution >= 4 is 11.9 Å². The van der Waals surface area contributed by atoms with E-state index in [1.54, 1.807) is 0 Å². The van der Waals surface area contributed by atoms with Gasteiger partial charge in [-0.15, -0.1) is 0 Å². The molecule has 0 saturated heterocycles. The molecule has 7 nitrogen and oxygen atoms in total.